The number of aliphatic hydroxyl groups excluding tert-OH is 1. The van der Waals surface area contributed by atoms with Gasteiger partial charge in [0.2, 0.25) is 10.9 Å². The van der Waals surface area contributed by atoms with E-state index in [-0.39, 0.29) is 16.5 Å². The van der Waals surface area contributed by atoms with Crippen LogP contribution in [-0.2, 0) is 17.2 Å². The maximum atomic E-state index is 13.6. The van der Waals surface area contributed by atoms with Crippen molar-refractivity contribution < 1.29 is 28.6 Å². The summed E-state index contributed by atoms with van der Waals surface area (Å²) in [4.78, 5) is 28.5. The molecule has 0 saturated carbocycles. The fourth-order valence-corrected chi connectivity index (χ4v) is 6.61. The van der Waals surface area contributed by atoms with Gasteiger partial charge in [0.1, 0.15) is 6.61 Å². The number of hydrogen-bond donors (Lipinski definition) is 1. The highest BCUT2D eigenvalue weighted by Gasteiger charge is 2.47. The van der Waals surface area contributed by atoms with Crippen LogP contribution in [0, 0.1) is 6.92 Å². The highest BCUT2D eigenvalue weighted by Crippen LogP contribution is 2.45. The number of thioether (sulfide) groups is 1. The third-order valence-electron chi connectivity index (χ3n) is 7.02. The van der Waals surface area contributed by atoms with E-state index in [0.717, 1.165) is 11.1 Å². The van der Waals surface area contributed by atoms with E-state index in [2.05, 4.69) is 22.3 Å². The molecule has 0 bridgehead atoms. The first-order valence-corrected chi connectivity index (χ1v) is 15.4. The van der Waals surface area contributed by atoms with Crippen LogP contribution in [0.5, 0.6) is 11.5 Å². The summed E-state index contributed by atoms with van der Waals surface area (Å²) < 4.78 is 17.6. The number of Topliss-reactive ketones (excluding diaryl/α,β-unsaturated/α-hetero) is 1. The summed E-state index contributed by atoms with van der Waals surface area (Å²) >= 11 is 2.69. The van der Waals surface area contributed by atoms with Crippen molar-refractivity contribution in [3.8, 4) is 11.5 Å². The summed E-state index contributed by atoms with van der Waals surface area (Å²) in [5, 5.41) is 19.9. The van der Waals surface area contributed by atoms with Gasteiger partial charge in [0.05, 0.1) is 25.0 Å². The smallest absolute Gasteiger partial charge is 0.296 e. The van der Waals surface area contributed by atoms with Gasteiger partial charge in [-0.3, -0.25) is 14.5 Å². The Labute approximate surface area is 261 Å². The van der Waals surface area contributed by atoms with E-state index in [1.807, 2.05) is 49.4 Å². The average Bonchev–Trinajstić information content (AvgIpc) is 3.81. The van der Waals surface area contributed by atoms with Crippen LogP contribution in [-0.4, -0.2) is 34.1 Å². The second kappa shape index (κ2) is 12.8. The number of carbonyl (C=O) groups excluding carboxylic acids is 2. The summed E-state index contributed by atoms with van der Waals surface area (Å²) in [6.07, 6.45) is 1.36. The molecule has 1 N–H and O–H groups in total. The van der Waals surface area contributed by atoms with Crippen molar-refractivity contribution in [2.75, 3.05) is 12.0 Å². The Morgan fingerprint density at radius 1 is 1.00 bits per heavy atom. The fourth-order valence-electron chi connectivity index (χ4n) is 4.79. The molecule has 5 aromatic rings. The van der Waals surface area contributed by atoms with Gasteiger partial charge in [-0.25, -0.2) is 0 Å². The van der Waals surface area contributed by atoms with Gasteiger partial charge in [-0.2, -0.15) is 0 Å². The van der Waals surface area contributed by atoms with Gasteiger partial charge in [0, 0.05) is 5.75 Å². The van der Waals surface area contributed by atoms with Crippen molar-refractivity contribution in [1.82, 2.24) is 10.2 Å². The highest BCUT2D eigenvalue weighted by molar-refractivity contribution is 8.00. The Hall–Kier alpha value is -4.87. The van der Waals surface area contributed by atoms with Crippen LogP contribution in [0.15, 0.2) is 111 Å². The number of ether oxygens (including phenoxy) is 2. The topological polar surface area (TPSA) is 115 Å². The number of methoxy groups -OCH3 is 1. The zero-order valence-corrected chi connectivity index (χ0v) is 25.4. The fraction of sp³-hybridized carbons (Fsp3) is 0.152. The number of hydrogen-bond acceptors (Lipinski definition) is 10. The first-order valence-electron chi connectivity index (χ1n) is 13.6. The molecular weight excluding hydrogens is 599 g/mol. The molecule has 3 aromatic carbocycles. The van der Waals surface area contributed by atoms with Crippen LogP contribution >= 0.6 is 23.1 Å². The number of nitrogens with zero attached hydrogens (tertiary/aromatic N) is 3. The summed E-state index contributed by atoms with van der Waals surface area (Å²) in [7, 11) is 1.51. The first kappa shape index (κ1) is 29.2. The van der Waals surface area contributed by atoms with E-state index in [0.29, 0.717) is 33.8 Å². The van der Waals surface area contributed by atoms with Gasteiger partial charge in [0.15, 0.2) is 27.4 Å². The SMILES string of the molecule is COc1cc(C2C(C(=O)c3ccco3)=C(O)C(=O)N2c2nnc(SCc3ccc(C)cc3)s2)ccc1OCc1ccccc1. The maximum Gasteiger partial charge on any atom is 0.296 e. The van der Waals surface area contributed by atoms with E-state index < -0.39 is 23.5 Å². The van der Waals surface area contributed by atoms with Gasteiger partial charge >= 0.3 is 0 Å². The van der Waals surface area contributed by atoms with E-state index in [9.17, 15) is 14.7 Å². The van der Waals surface area contributed by atoms with Gasteiger partial charge in [-0.15, -0.1) is 10.2 Å². The lowest BCUT2D eigenvalue weighted by atomic mass is 9.95. The van der Waals surface area contributed by atoms with E-state index in [1.54, 1.807) is 24.3 Å². The summed E-state index contributed by atoms with van der Waals surface area (Å²) in [6, 6.07) is 25.1. The van der Waals surface area contributed by atoms with Crippen molar-refractivity contribution in [2.24, 2.45) is 0 Å². The van der Waals surface area contributed by atoms with Crippen molar-refractivity contribution in [2.45, 2.75) is 29.7 Å². The summed E-state index contributed by atoms with van der Waals surface area (Å²) in [6.45, 7) is 2.36. The number of benzene rings is 3. The van der Waals surface area contributed by atoms with E-state index >= 15 is 0 Å². The molecule has 0 spiro atoms. The molecule has 1 atom stereocenters. The number of anilines is 1. The monoisotopic (exact) mass is 625 g/mol. The number of aromatic nitrogens is 2. The number of ketones is 1. The Morgan fingerprint density at radius 2 is 1.80 bits per heavy atom. The molecule has 1 aliphatic heterocycles. The normalized spacial score (nSPS) is 14.7. The molecule has 9 nitrogen and oxygen atoms in total. The van der Waals surface area contributed by atoms with Crippen LogP contribution in [0.1, 0.15) is 38.9 Å². The van der Waals surface area contributed by atoms with Crippen LogP contribution < -0.4 is 14.4 Å². The van der Waals surface area contributed by atoms with Crippen LogP contribution in [0.25, 0.3) is 0 Å². The van der Waals surface area contributed by atoms with Gasteiger partial charge < -0.3 is 19.0 Å². The number of amides is 1. The molecule has 0 saturated heterocycles. The Kier molecular flexibility index (Phi) is 8.49. The molecule has 1 aliphatic rings. The number of aliphatic hydroxyl groups is 1. The summed E-state index contributed by atoms with van der Waals surface area (Å²) in [5.74, 6) is -0.520. The third-order valence-corrected chi connectivity index (χ3v) is 9.15. The Morgan fingerprint density at radius 3 is 2.52 bits per heavy atom. The molecule has 2 aromatic heterocycles. The van der Waals surface area contributed by atoms with Gasteiger partial charge in [0.25, 0.3) is 5.91 Å². The number of rotatable bonds is 11. The molecule has 11 heteroatoms. The van der Waals surface area contributed by atoms with Crippen molar-refractivity contribution in [1.29, 1.82) is 0 Å². The molecule has 222 valence electrons. The van der Waals surface area contributed by atoms with Gasteiger partial charge in [-0.1, -0.05) is 89.3 Å². The van der Waals surface area contributed by atoms with Crippen molar-refractivity contribution >= 4 is 39.9 Å². The van der Waals surface area contributed by atoms with Crippen molar-refractivity contribution in [3.63, 3.8) is 0 Å². The van der Waals surface area contributed by atoms with Crippen LogP contribution in [0.2, 0.25) is 0 Å². The average molecular weight is 626 g/mol. The zero-order valence-electron chi connectivity index (χ0n) is 23.8. The maximum absolute atomic E-state index is 13.6. The van der Waals surface area contributed by atoms with Crippen LogP contribution in [0.3, 0.4) is 0 Å². The molecular formula is C33H27N3O6S2. The molecule has 44 heavy (non-hydrogen) atoms. The predicted octanol–water partition coefficient (Wildman–Crippen LogP) is 7.10. The molecule has 1 amide bonds. The minimum absolute atomic E-state index is 0.00687. The quantitative estimate of drug-likeness (QED) is 0.0932. The lowest BCUT2D eigenvalue weighted by molar-refractivity contribution is -0.117. The number of aryl methyl sites for hydroxylation is 1. The molecule has 6 rings (SSSR count). The van der Waals surface area contributed by atoms with Crippen LogP contribution in [0.4, 0.5) is 5.13 Å². The Bertz CT molecular complexity index is 1820. The number of carbonyl (C=O) groups is 2. The summed E-state index contributed by atoms with van der Waals surface area (Å²) in [5.41, 5.74) is 3.66. The molecule has 0 radical (unpaired) electrons. The molecule has 3 heterocycles. The first-order chi connectivity index (χ1) is 21.4. The van der Waals surface area contributed by atoms with Gasteiger partial charge in [-0.05, 0) is 47.9 Å². The molecule has 0 fully saturated rings. The number of furan rings is 1. The zero-order chi connectivity index (χ0) is 30.6. The lowest BCUT2D eigenvalue weighted by Crippen LogP contribution is -2.31. The highest BCUT2D eigenvalue weighted by atomic mass is 32.2. The minimum atomic E-state index is -1.03. The predicted molar refractivity (Wildman–Crippen MR) is 167 cm³/mol. The largest absolute Gasteiger partial charge is 0.503 e. The minimum Gasteiger partial charge on any atom is -0.503 e. The second-order valence-corrected chi connectivity index (χ2v) is 12.1. The Balaban J connectivity index is 1.33. The standard InChI is InChI=1S/C33H27N3O6S2/c1-20-10-12-22(13-11-20)19-43-33-35-34-32(44-33)36-28(27(30(38)31(36)39)29(37)25-9-6-16-41-25)23-14-15-24(26(17-23)40-2)42-18-21-7-4-3-5-8-21/h3-17,28,38H,18-19H2,1-2H3. The van der Waals surface area contributed by atoms with E-state index in [4.69, 9.17) is 13.9 Å². The second-order valence-electron chi connectivity index (χ2n) is 9.96. The molecule has 0 aliphatic carbocycles. The molecule has 1 unspecified atom stereocenters. The lowest BCUT2D eigenvalue weighted by Gasteiger charge is -2.24. The van der Waals surface area contributed by atoms with Crippen molar-refractivity contribution in [3.05, 3.63) is 131 Å². The van der Waals surface area contributed by atoms with E-state index in [1.165, 1.54) is 53.0 Å². The third kappa shape index (κ3) is 5.97.